The number of anilines is 1. The molecule has 1 fully saturated rings. The fourth-order valence-electron chi connectivity index (χ4n) is 3.91. The highest BCUT2D eigenvalue weighted by Gasteiger charge is 2.43. The molecule has 4 rings (SSSR count). The number of nitrogens with zero attached hydrogens (tertiary/aromatic N) is 2. The van der Waals surface area contributed by atoms with Gasteiger partial charge in [0.15, 0.2) is 0 Å². The van der Waals surface area contributed by atoms with Crippen molar-refractivity contribution < 1.29 is 14.0 Å². The minimum absolute atomic E-state index is 0.364. The molecule has 2 aromatic rings. The van der Waals surface area contributed by atoms with E-state index in [4.69, 9.17) is 11.6 Å². The second-order valence-corrected chi connectivity index (χ2v) is 7.78. The lowest BCUT2D eigenvalue weighted by Gasteiger charge is -2.33. The molecule has 1 unspecified atom stereocenters. The quantitative estimate of drug-likeness (QED) is 0.715. The number of carbonyl (C=O) groups excluding carboxylic acids is 2. The zero-order chi connectivity index (χ0) is 19.8. The number of amides is 2. The van der Waals surface area contributed by atoms with Crippen molar-refractivity contribution in [2.45, 2.75) is 19.8 Å². The van der Waals surface area contributed by atoms with Crippen molar-refractivity contribution in [3.63, 3.8) is 0 Å². The van der Waals surface area contributed by atoms with Gasteiger partial charge in [0.05, 0.1) is 11.3 Å². The lowest BCUT2D eigenvalue weighted by atomic mass is 9.98. The van der Waals surface area contributed by atoms with E-state index >= 15 is 0 Å². The molecule has 0 spiro atoms. The van der Waals surface area contributed by atoms with Gasteiger partial charge in [-0.25, -0.2) is 9.29 Å². The molecule has 1 saturated heterocycles. The lowest BCUT2D eigenvalue weighted by molar-refractivity contribution is -0.120. The van der Waals surface area contributed by atoms with E-state index in [2.05, 4.69) is 6.92 Å². The normalized spacial score (nSPS) is 20.3. The molecule has 2 amide bonds. The van der Waals surface area contributed by atoms with Crippen LogP contribution in [0, 0.1) is 11.7 Å². The van der Waals surface area contributed by atoms with E-state index in [1.54, 1.807) is 24.3 Å². The predicted molar refractivity (Wildman–Crippen MR) is 107 cm³/mol. The molecule has 6 heteroatoms. The number of halogens is 2. The molecule has 0 aliphatic carbocycles. The molecule has 0 aromatic heterocycles. The smallest absolute Gasteiger partial charge is 0.282 e. The van der Waals surface area contributed by atoms with Crippen molar-refractivity contribution in [2.75, 3.05) is 18.0 Å². The second kappa shape index (κ2) is 7.40. The summed E-state index contributed by atoms with van der Waals surface area (Å²) in [6.45, 7) is 3.60. The van der Waals surface area contributed by atoms with Crippen molar-refractivity contribution >= 4 is 34.7 Å². The maximum atomic E-state index is 13.3. The lowest BCUT2D eigenvalue weighted by Crippen LogP contribution is -2.39. The molecule has 1 atom stereocenters. The van der Waals surface area contributed by atoms with Gasteiger partial charge in [0.2, 0.25) is 0 Å². The number of hydrogen-bond donors (Lipinski definition) is 0. The van der Waals surface area contributed by atoms with Crippen LogP contribution in [0.1, 0.15) is 25.3 Å². The topological polar surface area (TPSA) is 40.6 Å². The highest BCUT2D eigenvalue weighted by atomic mass is 35.5. The number of benzene rings is 2. The third-order valence-electron chi connectivity index (χ3n) is 5.25. The van der Waals surface area contributed by atoms with Crippen LogP contribution in [0.15, 0.2) is 54.2 Å². The first-order valence-corrected chi connectivity index (χ1v) is 9.73. The van der Waals surface area contributed by atoms with Crippen LogP contribution in [-0.4, -0.2) is 29.8 Å². The van der Waals surface area contributed by atoms with Crippen LogP contribution in [0.3, 0.4) is 0 Å². The third-order valence-corrected chi connectivity index (χ3v) is 5.50. The molecule has 2 aromatic carbocycles. The number of carbonyl (C=O) groups is 2. The summed E-state index contributed by atoms with van der Waals surface area (Å²) in [5, 5.41) is 0.560. The highest BCUT2D eigenvalue weighted by molar-refractivity contribution is 6.45. The van der Waals surface area contributed by atoms with Crippen molar-refractivity contribution in [3.8, 4) is 0 Å². The van der Waals surface area contributed by atoms with Crippen LogP contribution >= 0.6 is 11.6 Å². The summed E-state index contributed by atoms with van der Waals surface area (Å²) in [5.74, 6) is -0.739. The average molecular weight is 399 g/mol. The molecular weight excluding hydrogens is 379 g/mol. The van der Waals surface area contributed by atoms with Crippen LogP contribution < -0.4 is 4.90 Å². The Hall–Kier alpha value is -2.66. The van der Waals surface area contributed by atoms with Gasteiger partial charge in [-0.3, -0.25) is 9.59 Å². The maximum Gasteiger partial charge on any atom is 0.282 e. The molecule has 0 saturated carbocycles. The van der Waals surface area contributed by atoms with Crippen LogP contribution in [-0.2, 0) is 9.59 Å². The van der Waals surface area contributed by atoms with Gasteiger partial charge in [-0.15, -0.1) is 0 Å². The first-order valence-electron chi connectivity index (χ1n) is 9.35. The number of imide groups is 1. The minimum atomic E-state index is -0.418. The molecule has 0 N–H and O–H groups in total. The van der Waals surface area contributed by atoms with Gasteiger partial charge in [0.25, 0.3) is 11.8 Å². The number of rotatable bonds is 3. The van der Waals surface area contributed by atoms with E-state index in [-0.39, 0.29) is 5.91 Å². The molecule has 0 bridgehead atoms. The van der Waals surface area contributed by atoms with Crippen LogP contribution in [0.2, 0.25) is 5.02 Å². The monoisotopic (exact) mass is 398 g/mol. The van der Waals surface area contributed by atoms with Crippen molar-refractivity contribution in [1.29, 1.82) is 0 Å². The van der Waals surface area contributed by atoms with Crippen LogP contribution in [0.25, 0.3) is 5.57 Å². The van der Waals surface area contributed by atoms with Crippen molar-refractivity contribution in [1.82, 2.24) is 4.90 Å². The first kappa shape index (κ1) is 18.7. The summed E-state index contributed by atoms with van der Waals surface area (Å²) in [6, 6.07) is 12.3. The van der Waals surface area contributed by atoms with Crippen LogP contribution in [0.4, 0.5) is 10.1 Å². The van der Waals surface area contributed by atoms with Gasteiger partial charge in [-0.05, 0) is 60.7 Å². The van der Waals surface area contributed by atoms with E-state index < -0.39 is 11.7 Å². The van der Waals surface area contributed by atoms with Gasteiger partial charge in [0, 0.05) is 18.1 Å². The Labute approximate surface area is 168 Å². The molecular formula is C22H20ClFN2O2. The zero-order valence-electron chi connectivity index (χ0n) is 15.5. The Balaban J connectivity index is 1.82. The van der Waals surface area contributed by atoms with Crippen LogP contribution in [0.5, 0.6) is 0 Å². The molecule has 2 heterocycles. The second-order valence-electron chi connectivity index (χ2n) is 7.35. The number of hydrogen-bond acceptors (Lipinski definition) is 3. The molecule has 2 aliphatic rings. The Morgan fingerprint density at radius 2 is 1.68 bits per heavy atom. The Morgan fingerprint density at radius 1 is 1.00 bits per heavy atom. The van der Waals surface area contributed by atoms with Gasteiger partial charge in [-0.2, -0.15) is 0 Å². The van der Waals surface area contributed by atoms with Crippen molar-refractivity contribution in [2.24, 2.45) is 5.92 Å². The third kappa shape index (κ3) is 3.31. The predicted octanol–water partition coefficient (Wildman–Crippen LogP) is 4.50. The molecule has 28 heavy (non-hydrogen) atoms. The summed E-state index contributed by atoms with van der Waals surface area (Å²) in [6.07, 6.45) is 2.07. The number of piperidine rings is 1. The molecule has 144 valence electrons. The minimum Gasteiger partial charge on any atom is -0.366 e. The Kier molecular flexibility index (Phi) is 4.94. The number of likely N-dealkylation sites (tertiary alicyclic amines) is 1. The van der Waals surface area contributed by atoms with Gasteiger partial charge >= 0.3 is 0 Å². The SMILES string of the molecule is CC1CCCN(C2=C(c3ccc(Cl)cc3)C(=O)N(c3ccc(F)cc3)C2=O)C1. The largest absolute Gasteiger partial charge is 0.366 e. The highest BCUT2D eigenvalue weighted by Crippen LogP contribution is 2.36. The van der Waals surface area contributed by atoms with Gasteiger partial charge < -0.3 is 4.90 Å². The van der Waals surface area contributed by atoms with Gasteiger partial charge in [0.1, 0.15) is 11.5 Å². The molecule has 0 radical (unpaired) electrons. The zero-order valence-corrected chi connectivity index (χ0v) is 16.2. The van der Waals surface area contributed by atoms with E-state index in [0.717, 1.165) is 30.8 Å². The van der Waals surface area contributed by atoms with E-state index in [1.165, 1.54) is 24.3 Å². The summed E-state index contributed by atoms with van der Waals surface area (Å²) < 4.78 is 13.3. The maximum absolute atomic E-state index is 13.3. The van der Waals surface area contributed by atoms with E-state index in [0.29, 0.717) is 33.5 Å². The molecule has 2 aliphatic heterocycles. The summed E-state index contributed by atoms with van der Waals surface area (Å²) in [4.78, 5) is 29.8. The van der Waals surface area contributed by atoms with Gasteiger partial charge in [-0.1, -0.05) is 30.7 Å². The summed E-state index contributed by atoms with van der Waals surface area (Å²) in [5.41, 5.74) is 1.81. The Bertz CT molecular complexity index is 954. The average Bonchev–Trinajstić information content (AvgIpc) is 2.94. The van der Waals surface area contributed by atoms with Crippen molar-refractivity contribution in [3.05, 3.63) is 70.6 Å². The fourth-order valence-corrected chi connectivity index (χ4v) is 4.03. The summed E-state index contributed by atoms with van der Waals surface area (Å²) >= 11 is 6.00. The first-order chi connectivity index (χ1) is 13.5. The summed E-state index contributed by atoms with van der Waals surface area (Å²) in [7, 11) is 0. The fraction of sp³-hybridized carbons (Fsp3) is 0.273. The van der Waals surface area contributed by atoms with E-state index in [9.17, 15) is 14.0 Å². The standard InChI is InChI=1S/C22H20ClFN2O2/c1-14-3-2-12-25(13-14)20-19(15-4-6-16(23)7-5-15)21(27)26(22(20)28)18-10-8-17(24)9-11-18/h4-11,14H,2-3,12-13H2,1H3. The Morgan fingerprint density at radius 3 is 2.32 bits per heavy atom. The molecule has 4 nitrogen and oxygen atoms in total. The van der Waals surface area contributed by atoms with E-state index in [1.807, 2.05) is 4.90 Å².